The first-order valence-corrected chi connectivity index (χ1v) is 10.4. The number of methoxy groups -OCH3 is 2. The number of para-hydroxylation sites is 1. The van der Waals surface area contributed by atoms with Gasteiger partial charge in [-0.15, -0.1) is 0 Å². The van der Waals surface area contributed by atoms with Gasteiger partial charge in [-0.3, -0.25) is 4.79 Å². The summed E-state index contributed by atoms with van der Waals surface area (Å²) >= 11 is 0. The lowest BCUT2D eigenvalue weighted by molar-refractivity contribution is 0.0955. The first kappa shape index (κ1) is 21.4. The lowest BCUT2D eigenvalue weighted by atomic mass is 10.1. The normalized spacial score (nSPS) is 10.9. The number of benzene rings is 2. The molecule has 32 heavy (non-hydrogen) atoms. The van der Waals surface area contributed by atoms with E-state index in [0.29, 0.717) is 24.2 Å². The number of aromatic nitrogens is 3. The van der Waals surface area contributed by atoms with Crippen LogP contribution in [0.5, 0.6) is 11.5 Å². The lowest BCUT2D eigenvalue weighted by Crippen LogP contribution is -2.26. The highest BCUT2D eigenvalue weighted by molar-refractivity contribution is 6.06. The van der Waals surface area contributed by atoms with Crippen molar-refractivity contribution in [3.8, 4) is 17.2 Å². The maximum Gasteiger partial charge on any atom is 0.252 e. The van der Waals surface area contributed by atoms with Crippen LogP contribution in [0.15, 0.2) is 54.6 Å². The van der Waals surface area contributed by atoms with Crippen LogP contribution in [0.3, 0.4) is 0 Å². The number of nitrogens with zero attached hydrogens (tertiary/aromatic N) is 3. The molecule has 0 saturated carbocycles. The third-order valence-electron chi connectivity index (χ3n) is 5.35. The number of hydrogen-bond acceptors (Lipinski definition) is 5. The van der Waals surface area contributed by atoms with Gasteiger partial charge in [-0.05, 0) is 62.2 Å². The minimum Gasteiger partial charge on any atom is -0.497 e. The molecule has 7 nitrogen and oxygen atoms in total. The van der Waals surface area contributed by atoms with Crippen molar-refractivity contribution in [3.63, 3.8) is 0 Å². The topological polar surface area (TPSA) is 78.3 Å². The van der Waals surface area contributed by atoms with Crippen molar-refractivity contribution in [2.45, 2.75) is 20.3 Å². The van der Waals surface area contributed by atoms with E-state index in [-0.39, 0.29) is 5.91 Å². The number of nitrogens with one attached hydrogen (secondary N) is 1. The summed E-state index contributed by atoms with van der Waals surface area (Å²) in [7, 11) is 3.26. The van der Waals surface area contributed by atoms with Crippen LogP contribution in [0.4, 0.5) is 0 Å². The molecule has 1 amide bonds. The quantitative estimate of drug-likeness (QED) is 0.479. The van der Waals surface area contributed by atoms with E-state index in [2.05, 4.69) is 15.4 Å². The second-order valence-electron chi connectivity index (χ2n) is 7.53. The molecule has 0 aliphatic rings. The summed E-state index contributed by atoms with van der Waals surface area (Å²) in [4.78, 5) is 17.8. The van der Waals surface area contributed by atoms with E-state index in [1.54, 1.807) is 18.9 Å². The zero-order valence-corrected chi connectivity index (χ0v) is 18.7. The Morgan fingerprint density at radius 3 is 2.53 bits per heavy atom. The van der Waals surface area contributed by atoms with Gasteiger partial charge >= 0.3 is 0 Å². The highest BCUT2D eigenvalue weighted by Gasteiger charge is 2.19. The molecule has 0 unspecified atom stereocenters. The van der Waals surface area contributed by atoms with Crippen LogP contribution < -0.4 is 14.8 Å². The Morgan fingerprint density at radius 1 is 1.03 bits per heavy atom. The molecule has 0 aliphatic heterocycles. The highest BCUT2D eigenvalue weighted by Crippen LogP contribution is 2.26. The molecule has 0 aliphatic carbocycles. The first-order valence-electron chi connectivity index (χ1n) is 10.4. The van der Waals surface area contributed by atoms with Crippen LogP contribution in [-0.4, -0.2) is 41.4 Å². The van der Waals surface area contributed by atoms with Crippen molar-refractivity contribution in [2.75, 3.05) is 20.8 Å². The van der Waals surface area contributed by atoms with Gasteiger partial charge < -0.3 is 14.8 Å². The van der Waals surface area contributed by atoms with Gasteiger partial charge in [0, 0.05) is 12.2 Å². The fourth-order valence-electron chi connectivity index (χ4n) is 3.83. The average Bonchev–Trinajstić information content (AvgIpc) is 3.14. The van der Waals surface area contributed by atoms with Crippen LogP contribution >= 0.6 is 0 Å². The molecule has 0 saturated heterocycles. The molecule has 0 bridgehead atoms. The third-order valence-corrected chi connectivity index (χ3v) is 5.35. The van der Waals surface area contributed by atoms with E-state index in [1.165, 1.54) is 0 Å². The summed E-state index contributed by atoms with van der Waals surface area (Å²) in [6.07, 6.45) is 0.613. The second-order valence-corrected chi connectivity index (χ2v) is 7.53. The van der Waals surface area contributed by atoms with Gasteiger partial charge in [-0.1, -0.05) is 18.2 Å². The number of amides is 1. The number of hydrogen-bond donors (Lipinski definition) is 1. The summed E-state index contributed by atoms with van der Waals surface area (Å²) in [5.41, 5.74) is 4.64. The Morgan fingerprint density at radius 2 is 1.81 bits per heavy atom. The highest BCUT2D eigenvalue weighted by atomic mass is 16.5. The Labute approximate surface area is 187 Å². The number of rotatable bonds is 7. The summed E-state index contributed by atoms with van der Waals surface area (Å²) in [6, 6.07) is 17.3. The molecule has 0 atom stereocenters. The van der Waals surface area contributed by atoms with E-state index in [4.69, 9.17) is 9.47 Å². The Balaban J connectivity index is 1.60. The molecule has 2 aromatic carbocycles. The molecular weight excluding hydrogens is 404 g/mol. The molecule has 4 rings (SSSR count). The molecule has 0 fully saturated rings. The molecule has 0 spiro atoms. The van der Waals surface area contributed by atoms with Gasteiger partial charge in [-0.25, -0.2) is 9.67 Å². The lowest BCUT2D eigenvalue weighted by Gasteiger charge is -2.12. The molecule has 2 aromatic heterocycles. The van der Waals surface area contributed by atoms with Crippen LogP contribution in [-0.2, 0) is 6.42 Å². The van der Waals surface area contributed by atoms with Crippen LogP contribution in [0.2, 0.25) is 0 Å². The Kier molecular flexibility index (Phi) is 6.07. The van der Waals surface area contributed by atoms with Gasteiger partial charge in [0.1, 0.15) is 11.5 Å². The van der Waals surface area contributed by atoms with Crippen molar-refractivity contribution in [2.24, 2.45) is 0 Å². The van der Waals surface area contributed by atoms with E-state index in [9.17, 15) is 4.79 Å². The monoisotopic (exact) mass is 430 g/mol. The summed E-state index contributed by atoms with van der Waals surface area (Å²) in [5.74, 6) is 1.36. The van der Waals surface area contributed by atoms with E-state index >= 15 is 0 Å². The summed E-state index contributed by atoms with van der Waals surface area (Å²) in [6.45, 7) is 4.24. The minimum atomic E-state index is -0.155. The Bertz CT molecular complexity index is 1270. The molecule has 164 valence electrons. The standard InChI is InChI=1S/C25H26N4O3/c1-16-14-21(23-17(2)28-29(24(23)27-16)19-8-6-5-7-9-19)25(30)26-13-12-18-15-20(31-3)10-11-22(18)32-4/h5-11,14-15H,12-13H2,1-4H3,(H,26,30). The van der Waals surface area contributed by atoms with Gasteiger partial charge in [-0.2, -0.15) is 5.10 Å². The van der Waals surface area contributed by atoms with E-state index in [1.807, 2.05) is 68.4 Å². The van der Waals surface area contributed by atoms with Gasteiger partial charge in [0.2, 0.25) is 0 Å². The van der Waals surface area contributed by atoms with E-state index in [0.717, 1.165) is 39.5 Å². The fourth-order valence-corrected chi connectivity index (χ4v) is 3.83. The molecular formula is C25H26N4O3. The van der Waals surface area contributed by atoms with Crippen molar-refractivity contribution >= 4 is 16.9 Å². The maximum atomic E-state index is 13.1. The Hall–Kier alpha value is -3.87. The van der Waals surface area contributed by atoms with Gasteiger partial charge in [0.25, 0.3) is 5.91 Å². The molecule has 7 heteroatoms. The fraction of sp³-hybridized carbons (Fsp3) is 0.240. The number of carbonyl (C=O) groups excluding carboxylic acids is 1. The molecule has 1 N–H and O–H groups in total. The summed E-state index contributed by atoms with van der Waals surface area (Å²) < 4.78 is 12.5. The second kappa shape index (κ2) is 9.09. The number of carbonyl (C=O) groups is 1. The smallest absolute Gasteiger partial charge is 0.252 e. The van der Waals surface area contributed by atoms with Crippen LogP contribution in [0.25, 0.3) is 16.7 Å². The zero-order chi connectivity index (χ0) is 22.7. The molecule has 0 radical (unpaired) electrons. The number of ether oxygens (including phenoxy) is 2. The first-order chi connectivity index (χ1) is 15.5. The number of pyridine rings is 1. The average molecular weight is 431 g/mol. The van der Waals surface area contributed by atoms with Crippen LogP contribution in [0.1, 0.15) is 27.3 Å². The van der Waals surface area contributed by atoms with Crippen molar-refractivity contribution in [1.29, 1.82) is 0 Å². The van der Waals surface area contributed by atoms with Crippen LogP contribution in [0, 0.1) is 13.8 Å². The zero-order valence-electron chi connectivity index (χ0n) is 18.7. The van der Waals surface area contributed by atoms with Crippen molar-refractivity contribution < 1.29 is 14.3 Å². The van der Waals surface area contributed by atoms with Crippen molar-refractivity contribution in [3.05, 3.63) is 77.1 Å². The third kappa shape index (κ3) is 4.14. The van der Waals surface area contributed by atoms with E-state index < -0.39 is 0 Å². The minimum absolute atomic E-state index is 0.155. The summed E-state index contributed by atoms with van der Waals surface area (Å²) in [5, 5.41) is 8.45. The molecule has 4 aromatic rings. The predicted octanol–water partition coefficient (Wildman–Crippen LogP) is 4.03. The largest absolute Gasteiger partial charge is 0.497 e. The van der Waals surface area contributed by atoms with Gasteiger partial charge in [0.05, 0.1) is 36.6 Å². The number of fused-ring (bicyclic) bond motifs is 1. The van der Waals surface area contributed by atoms with Crippen molar-refractivity contribution in [1.82, 2.24) is 20.1 Å². The maximum absolute atomic E-state index is 13.1. The predicted molar refractivity (Wildman–Crippen MR) is 124 cm³/mol. The van der Waals surface area contributed by atoms with Gasteiger partial charge in [0.15, 0.2) is 5.65 Å². The molecule has 2 heterocycles. The SMILES string of the molecule is COc1ccc(OC)c(CCNC(=O)c2cc(C)nc3c2c(C)nn3-c2ccccc2)c1. The number of aryl methyl sites for hydroxylation is 2.